The SMILES string of the molecule is CN(C)C(=O)CNC(=O)CCCn1cc(-c2ccc(Cl)cc2)cn1. The minimum absolute atomic E-state index is 0.0360. The van der Waals surface area contributed by atoms with E-state index in [-0.39, 0.29) is 18.4 Å². The summed E-state index contributed by atoms with van der Waals surface area (Å²) in [6.07, 6.45) is 4.75. The van der Waals surface area contributed by atoms with Crippen LogP contribution in [0.15, 0.2) is 36.7 Å². The molecule has 0 aliphatic carbocycles. The van der Waals surface area contributed by atoms with Crippen molar-refractivity contribution < 1.29 is 9.59 Å². The van der Waals surface area contributed by atoms with Crippen LogP contribution < -0.4 is 5.32 Å². The van der Waals surface area contributed by atoms with E-state index >= 15 is 0 Å². The summed E-state index contributed by atoms with van der Waals surface area (Å²) in [5, 5.41) is 7.61. The van der Waals surface area contributed by atoms with Gasteiger partial charge in [-0.05, 0) is 24.1 Å². The lowest BCUT2D eigenvalue weighted by Crippen LogP contribution is -2.36. The Morgan fingerprint density at radius 2 is 1.92 bits per heavy atom. The third-order valence-corrected chi connectivity index (χ3v) is 3.79. The van der Waals surface area contributed by atoms with Crippen molar-refractivity contribution in [2.75, 3.05) is 20.6 Å². The average Bonchev–Trinajstić information content (AvgIpc) is 3.02. The molecule has 0 unspecified atom stereocenters. The van der Waals surface area contributed by atoms with Gasteiger partial charge in [-0.2, -0.15) is 5.10 Å². The first-order valence-corrected chi connectivity index (χ1v) is 8.09. The molecule has 24 heavy (non-hydrogen) atoms. The topological polar surface area (TPSA) is 67.2 Å². The molecule has 0 saturated carbocycles. The molecule has 2 aromatic rings. The lowest BCUT2D eigenvalue weighted by Gasteiger charge is -2.10. The Morgan fingerprint density at radius 3 is 2.58 bits per heavy atom. The molecule has 1 heterocycles. The van der Waals surface area contributed by atoms with Crippen molar-refractivity contribution >= 4 is 23.4 Å². The Balaban J connectivity index is 1.76. The van der Waals surface area contributed by atoms with Crippen LogP contribution in [0.3, 0.4) is 0 Å². The number of aryl methyl sites for hydroxylation is 1. The standard InChI is InChI=1S/C17H21ClN4O2/c1-21(2)17(24)11-19-16(23)4-3-9-22-12-14(10-20-22)13-5-7-15(18)8-6-13/h5-8,10,12H,3-4,9,11H2,1-2H3,(H,19,23). The monoisotopic (exact) mass is 348 g/mol. The molecule has 0 fully saturated rings. The number of rotatable bonds is 7. The number of nitrogens with zero attached hydrogens (tertiary/aromatic N) is 3. The van der Waals surface area contributed by atoms with Gasteiger partial charge in [0.05, 0.1) is 12.7 Å². The molecule has 6 nitrogen and oxygen atoms in total. The van der Waals surface area contributed by atoms with Gasteiger partial charge in [0.25, 0.3) is 0 Å². The highest BCUT2D eigenvalue weighted by atomic mass is 35.5. The molecule has 0 spiro atoms. The Bertz CT molecular complexity index is 695. The van der Waals surface area contributed by atoms with Gasteiger partial charge in [-0.3, -0.25) is 14.3 Å². The number of benzene rings is 1. The number of halogens is 1. The fraction of sp³-hybridized carbons (Fsp3) is 0.353. The van der Waals surface area contributed by atoms with E-state index in [2.05, 4.69) is 10.4 Å². The fourth-order valence-corrected chi connectivity index (χ4v) is 2.23. The van der Waals surface area contributed by atoms with Gasteiger partial charge in [0.15, 0.2) is 0 Å². The van der Waals surface area contributed by atoms with Crippen LogP contribution in [0, 0.1) is 0 Å². The summed E-state index contributed by atoms with van der Waals surface area (Å²) < 4.78 is 1.81. The first kappa shape index (κ1) is 18.0. The van der Waals surface area contributed by atoms with Gasteiger partial charge in [-0.15, -0.1) is 0 Å². The molecule has 0 radical (unpaired) electrons. The molecule has 2 amide bonds. The van der Waals surface area contributed by atoms with Gasteiger partial charge in [0.1, 0.15) is 0 Å². The third-order valence-electron chi connectivity index (χ3n) is 3.54. The second kappa shape index (κ2) is 8.49. The molecular formula is C17H21ClN4O2. The quantitative estimate of drug-likeness (QED) is 0.834. The predicted molar refractivity (Wildman–Crippen MR) is 93.6 cm³/mol. The molecule has 0 saturated heterocycles. The van der Waals surface area contributed by atoms with E-state index in [9.17, 15) is 9.59 Å². The number of likely N-dealkylation sites (N-methyl/N-ethyl adjacent to an activating group) is 1. The maximum atomic E-state index is 11.7. The molecule has 128 valence electrons. The van der Waals surface area contributed by atoms with Gasteiger partial charge in [0, 0.05) is 43.8 Å². The van der Waals surface area contributed by atoms with Gasteiger partial charge in [-0.1, -0.05) is 23.7 Å². The summed E-state index contributed by atoms with van der Waals surface area (Å²) in [5.74, 6) is -0.252. The molecule has 1 N–H and O–H groups in total. The lowest BCUT2D eigenvalue weighted by atomic mass is 10.1. The summed E-state index contributed by atoms with van der Waals surface area (Å²) in [5.41, 5.74) is 2.05. The lowest BCUT2D eigenvalue weighted by molar-refractivity contribution is -0.130. The Morgan fingerprint density at radius 1 is 1.21 bits per heavy atom. The van der Waals surface area contributed by atoms with Crippen LogP contribution in [-0.4, -0.2) is 47.1 Å². The number of hydrogen-bond acceptors (Lipinski definition) is 3. The summed E-state index contributed by atoms with van der Waals surface area (Å²) in [4.78, 5) is 24.5. The van der Waals surface area contributed by atoms with E-state index in [0.717, 1.165) is 11.1 Å². The van der Waals surface area contributed by atoms with Crippen molar-refractivity contribution in [2.45, 2.75) is 19.4 Å². The number of amides is 2. The zero-order valence-corrected chi connectivity index (χ0v) is 14.6. The Kier molecular flexibility index (Phi) is 6.37. The maximum absolute atomic E-state index is 11.7. The van der Waals surface area contributed by atoms with Crippen LogP contribution in [0.25, 0.3) is 11.1 Å². The first-order valence-electron chi connectivity index (χ1n) is 7.71. The van der Waals surface area contributed by atoms with Crippen LogP contribution in [-0.2, 0) is 16.1 Å². The van der Waals surface area contributed by atoms with Crippen molar-refractivity contribution in [2.24, 2.45) is 0 Å². The smallest absolute Gasteiger partial charge is 0.241 e. The van der Waals surface area contributed by atoms with Crippen LogP contribution >= 0.6 is 11.6 Å². The number of carbonyl (C=O) groups is 2. The van der Waals surface area contributed by atoms with Crippen LogP contribution in [0.5, 0.6) is 0 Å². The maximum Gasteiger partial charge on any atom is 0.241 e. The van der Waals surface area contributed by atoms with Gasteiger partial charge < -0.3 is 10.2 Å². The van der Waals surface area contributed by atoms with Crippen molar-refractivity contribution in [3.05, 3.63) is 41.7 Å². The van der Waals surface area contributed by atoms with E-state index in [0.29, 0.717) is 24.4 Å². The number of carbonyl (C=O) groups excluding carboxylic acids is 2. The Hall–Kier alpha value is -2.34. The molecule has 0 aliphatic heterocycles. The summed E-state index contributed by atoms with van der Waals surface area (Å²) in [7, 11) is 3.31. The summed E-state index contributed by atoms with van der Waals surface area (Å²) in [6, 6.07) is 7.57. The van der Waals surface area contributed by atoms with Crippen molar-refractivity contribution in [1.29, 1.82) is 0 Å². The predicted octanol–water partition coefficient (Wildman–Crippen LogP) is 2.19. The summed E-state index contributed by atoms with van der Waals surface area (Å²) >= 11 is 5.88. The van der Waals surface area contributed by atoms with E-state index in [4.69, 9.17) is 11.6 Å². The van der Waals surface area contributed by atoms with Gasteiger partial charge in [0.2, 0.25) is 11.8 Å². The second-order valence-corrected chi connectivity index (χ2v) is 6.10. The van der Waals surface area contributed by atoms with Crippen LogP contribution in [0.2, 0.25) is 5.02 Å². The Labute approximate surface area is 146 Å². The van der Waals surface area contributed by atoms with Gasteiger partial charge in [-0.25, -0.2) is 0 Å². The molecule has 0 atom stereocenters. The highest BCUT2D eigenvalue weighted by Gasteiger charge is 2.07. The molecule has 0 aliphatic rings. The zero-order chi connectivity index (χ0) is 17.5. The molecule has 1 aromatic carbocycles. The number of hydrogen-bond donors (Lipinski definition) is 1. The van der Waals surface area contributed by atoms with Crippen LogP contribution in [0.4, 0.5) is 0 Å². The van der Waals surface area contributed by atoms with Gasteiger partial charge >= 0.3 is 0 Å². The highest BCUT2D eigenvalue weighted by Crippen LogP contribution is 2.20. The first-order chi connectivity index (χ1) is 11.5. The molecule has 7 heteroatoms. The van der Waals surface area contributed by atoms with E-state index in [1.165, 1.54) is 4.90 Å². The normalized spacial score (nSPS) is 10.5. The van der Waals surface area contributed by atoms with Crippen LogP contribution in [0.1, 0.15) is 12.8 Å². The van der Waals surface area contributed by atoms with E-state index in [1.807, 2.05) is 35.1 Å². The van der Waals surface area contributed by atoms with E-state index in [1.54, 1.807) is 20.3 Å². The molecule has 2 rings (SSSR count). The molecule has 1 aromatic heterocycles. The largest absolute Gasteiger partial charge is 0.347 e. The minimum atomic E-state index is -0.129. The van der Waals surface area contributed by atoms with Crippen molar-refractivity contribution in [1.82, 2.24) is 20.0 Å². The van der Waals surface area contributed by atoms with Crippen molar-refractivity contribution in [3.8, 4) is 11.1 Å². The summed E-state index contributed by atoms with van der Waals surface area (Å²) in [6.45, 7) is 0.678. The highest BCUT2D eigenvalue weighted by molar-refractivity contribution is 6.30. The number of nitrogens with one attached hydrogen (secondary N) is 1. The minimum Gasteiger partial charge on any atom is -0.347 e. The second-order valence-electron chi connectivity index (χ2n) is 5.67. The number of aromatic nitrogens is 2. The fourth-order valence-electron chi connectivity index (χ4n) is 2.10. The molecule has 0 bridgehead atoms. The third kappa shape index (κ3) is 5.38. The zero-order valence-electron chi connectivity index (χ0n) is 13.8. The molecular weight excluding hydrogens is 328 g/mol. The van der Waals surface area contributed by atoms with E-state index < -0.39 is 0 Å². The van der Waals surface area contributed by atoms with Crippen molar-refractivity contribution in [3.63, 3.8) is 0 Å². The average molecular weight is 349 g/mol.